The van der Waals surface area contributed by atoms with E-state index in [9.17, 15) is 14.0 Å². The van der Waals surface area contributed by atoms with E-state index in [-0.39, 0.29) is 36.5 Å². The topological polar surface area (TPSA) is 88.5 Å². The van der Waals surface area contributed by atoms with Crippen molar-refractivity contribution in [3.8, 4) is 0 Å². The Hall–Kier alpha value is -2.65. The van der Waals surface area contributed by atoms with Gasteiger partial charge in [-0.15, -0.1) is 11.6 Å². The Morgan fingerprint density at radius 3 is 2.94 bits per heavy atom. The number of alkyl halides is 1. The number of ether oxygens (including phenoxy) is 1. The number of methoxy groups -OCH3 is 1. The number of amides is 1. The minimum absolute atomic E-state index is 0.00140. The van der Waals surface area contributed by atoms with Crippen LogP contribution in [0.4, 0.5) is 10.2 Å². The lowest BCUT2D eigenvalue weighted by Crippen LogP contribution is -2.51. The van der Waals surface area contributed by atoms with Gasteiger partial charge in [-0.05, 0) is 31.4 Å². The summed E-state index contributed by atoms with van der Waals surface area (Å²) in [5.41, 5.74) is 1.59. The highest BCUT2D eigenvalue weighted by atomic mass is 35.5. The largest absolute Gasteiger partial charge is 0.468 e. The van der Waals surface area contributed by atoms with Crippen LogP contribution in [0.1, 0.15) is 40.7 Å². The molecule has 4 rings (SSSR count). The smallest absolute Gasteiger partial charge is 0.319 e. The third-order valence-electron chi connectivity index (χ3n) is 6.20. The highest BCUT2D eigenvalue weighted by Crippen LogP contribution is 2.35. The van der Waals surface area contributed by atoms with Gasteiger partial charge in [0.25, 0.3) is 5.91 Å². The van der Waals surface area contributed by atoms with E-state index in [1.807, 2.05) is 11.9 Å². The first-order valence-corrected chi connectivity index (χ1v) is 11.1. The number of rotatable bonds is 5. The van der Waals surface area contributed by atoms with Crippen molar-refractivity contribution in [3.05, 3.63) is 46.9 Å². The second-order valence-corrected chi connectivity index (χ2v) is 8.91. The lowest BCUT2D eigenvalue weighted by molar-refractivity contribution is -0.139. The summed E-state index contributed by atoms with van der Waals surface area (Å²) in [5, 5.41) is 10.7. The molecule has 1 aliphatic carbocycles. The van der Waals surface area contributed by atoms with Crippen LogP contribution in [0.15, 0.2) is 24.4 Å². The second kappa shape index (κ2) is 9.46. The van der Waals surface area contributed by atoms with E-state index < -0.39 is 11.8 Å². The Morgan fingerprint density at radius 2 is 2.19 bits per heavy atom. The molecule has 1 fully saturated rings. The molecule has 172 valence electrons. The summed E-state index contributed by atoms with van der Waals surface area (Å²) in [4.78, 5) is 26.5. The van der Waals surface area contributed by atoms with Crippen molar-refractivity contribution >= 4 is 29.3 Å². The predicted molar refractivity (Wildman–Crippen MR) is 118 cm³/mol. The van der Waals surface area contributed by atoms with Crippen LogP contribution < -0.4 is 10.6 Å². The lowest BCUT2D eigenvalue weighted by atomic mass is 9.88. The highest BCUT2D eigenvalue weighted by Gasteiger charge is 2.39. The zero-order valence-corrected chi connectivity index (χ0v) is 18.9. The molecule has 0 bridgehead atoms. The number of carbonyl (C=O) groups is 2. The van der Waals surface area contributed by atoms with Gasteiger partial charge in [0.2, 0.25) is 0 Å². The van der Waals surface area contributed by atoms with E-state index in [2.05, 4.69) is 20.5 Å². The molecule has 1 amide bonds. The molecule has 2 N–H and O–H groups in total. The molecule has 8 nitrogen and oxygen atoms in total. The van der Waals surface area contributed by atoms with Crippen molar-refractivity contribution in [1.29, 1.82) is 0 Å². The van der Waals surface area contributed by atoms with Crippen LogP contribution in [0, 0.1) is 5.82 Å². The molecule has 2 heterocycles. The number of hydrogen-bond acceptors (Lipinski definition) is 6. The summed E-state index contributed by atoms with van der Waals surface area (Å²) >= 11 is 6.43. The fraction of sp³-hybridized carbons (Fsp3) is 0.500. The normalized spacial score (nSPS) is 22.4. The first kappa shape index (κ1) is 22.5. The minimum Gasteiger partial charge on any atom is -0.468 e. The fourth-order valence-electron chi connectivity index (χ4n) is 4.48. The molecular weight excluding hydrogens is 437 g/mol. The van der Waals surface area contributed by atoms with E-state index in [0.29, 0.717) is 17.7 Å². The Labute approximate surface area is 191 Å². The van der Waals surface area contributed by atoms with E-state index in [1.165, 1.54) is 13.2 Å². The molecule has 1 aliphatic heterocycles. The van der Waals surface area contributed by atoms with Gasteiger partial charge in [-0.3, -0.25) is 14.3 Å². The Bertz CT molecular complexity index is 1010. The average molecular weight is 464 g/mol. The van der Waals surface area contributed by atoms with E-state index in [0.717, 1.165) is 30.6 Å². The summed E-state index contributed by atoms with van der Waals surface area (Å²) in [5.74, 6) is -0.258. The third-order valence-corrected chi connectivity index (χ3v) is 6.60. The van der Waals surface area contributed by atoms with Gasteiger partial charge >= 0.3 is 5.97 Å². The fourth-order valence-corrected chi connectivity index (χ4v) is 4.79. The molecule has 0 radical (unpaired) electrons. The van der Waals surface area contributed by atoms with E-state index in [4.69, 9.17) is 11.6 Å². The van der Waals surface area contributed by atoms with Gasteiger partial charge in [-0.2, -0.15) is 5.10 Å². The SMILES string of the molecule is COC(=O)CNCc1ccc(C(=O)N2Cc3cnn(C)c3NC3C[C@H](Cl)CCC32)cc1F. The molecule has 0 spiro atoms. The number of fused-ring (bicyclic) bond motifs is 2. The second-order valence-electron chi connectivity index (χ2n) is 8.29. The monoisotopic (exact) mass is 463 g/mol. The number of benzene rings is 1. The number of hydrogen-bond donors (Lipinski definition) is 2. The van der Waals surface area contributed by atoms with Crippen LogP contribution >= 0.6 is 11.6 Å². The van der Waals surface area contributed by atoms with Crippen LogP contribution in [0.2, 0.25) is 0 Å². The van der Waals surface area contributed by atoms with Crippen molar-refractivity contribution in [3.63, 3.8) is 0 Å². The Kier molecular flexibility index (Phi) is 6.66. The van der Waals surface area contributed by atoms with Gasteiger partial charge in [0.1, 0.15) is 11.6 Å². The maximum atomic E-state index is 14.7. The summed E-state index contributed by atoms with van der Waals surface area (Å²) in [6.07, 6.45) is 4.09. The molecule has 2 aromatic rings. The number of nitrogens with one attached hydrogen (secondary N) is 2. The molecule has 1 aromatic carbocycles. The maximum Gasteiger partial charge on any atom is 0.319 e. The standard InChI is InChI=1S/C22H27ClFN5O3/c1-28-21-15(10-26-28)12-29(19-6-5-16(23)8-18(19)27-21)22(31)13-3-4-14(17(24)7-13)9-25-11-20(30)32-2/h3-4,7,10,16,18-19,25,27H,5-6,8-9,11-12H2,1-2H3/t16-,18?,19?/m1/s1. The number of nitrogens with zero attached hydrogens (tertiary/aromatic N) is 3. The van der Waals surface area contributed by atoms with Crippen molar-refractivity contribution < 1.29 is 18.7 Å². The molecule has 2 unspecified atom stereocenters. The summed E-state index contributed by atoms with van der Waals surface area (Å²) in [6, 6.07) is 4.42. The summed E-state index contributed by atoms with van der Waals surface area (Å²) in [6.45, 7) is 0.534. The zero-order chi connectivity index (χ0) is 22.8. The van der Waals surface area contributed by atoms with Gasteiger partial charge in [0.15, 0.2) is 0 Å². The summed E-state index contributed by atoms with van der Waals surface area (Å²) in [7, 11) is 3.16. The molecule has 1 aromatic heterocycles. The van der Waals surface area contributed by atoms with E-state index in [1.54, 1.807) is 23.0 Å². The number of halogens is 2. The van der Waals surface area contributed by atoms with Crippen LogP contribution in [-0.2, 0) is 29.7 Å². The number of esters is 1. The number of aryl methyl sites for hydroxylation is 1. The molecule has 1 saturated carbocycles. The van der Waals surface area contributed by atoms with Crippen LogP contribution in [0.3, 0.4) is 0 Å². The predicted octanol–water partition coefficient (Wildman–Crippen LogP) is 2.42. The van der Waals surface area contributed by atoms with Gasteiger partial charge < -0.3 is 20.3 Å². The highest BCUT2D eigenvalue weighted by molar-refractivity contribution is 6.20. The summed E-state index contributed by atoms with van der Waals surface area (Å²) < 4.78 is 21.1. The van der Waals surface area contributed by atoms with Crippen molar-refractivity contribution in [2.45, 2.75) is 49.8 Å². The molecular formula is C22H27ClFN5O3. The van der Waals surface area contributed by atoms with Gasteiger partial charge in [-0.25, -0.2) is 4.39 Å². The molecule has 32 heavy (non-hydrogen) atoms. The quantitative estimate of drug-likeness (QED) is 0.523. The molecule has 0 saturated heterocycles. The van der Waals surface area contributed by atoms with Crippen molar-refractivity contribution in [2.75, 3.05) is 19.0 Å². The molecule has 2 aliphatic rings. The molecule has 3 atom stereocenters. The minimum atomic E-state index is -0.496. The third kappa shape index (κ3) is 4.59. The first-order valence-electron chi connectivity index (χ1n) is 10.7. The number of anilines is 1. The van der Waals surface area contributed by atoms with Crippen LogP contribution in [0.5, 0.6) is 0 Å². The van der Waals surface area contributed by atoms with Crippen LogP contribution in [0.25, 0.3) is 0 Å². The molecule has 10 heteroatoms. The van der Waals surface area contributed by atoms with Crippen LogP contribution in [-0.4, -0.2) is 57.7 Å². The van der Waals surface area contributed by atoms with Crippen molar-refractivity contribution in [1.82, 2.24) is 20.0 Å². The van der Waals surface area contributed by atoms with Gasteiger partial charge in [-0.1, -0.05) is 6.07 Å². The maximum absolute atomic E-state index is 14.7. The van der Waals surface area contributed by atoms with Crippen molar-refractivity contribution in [2.24, 2.45) is 7.05 Å². The first-order chi connectivity index (χ1) is 15.4. The number of aromatic nitrogens is 2. The number of carbonyl (C=O) groups excluding carboxylic acids is 2. The van der Waals surface area contributed by atoms with E-state index >= 15 is 0 Å². The van der Waals surface area contributed by atoms with Gasteiger partial charge in [0, 0.05) is 41.7 Å². The Morgan fingerprint density at radius 1 is 1.38 bits per heavy atom. The zero-order valence-electron chi connectivity index (χ0n) is 18.1. The van der Waals surface area contributed by atoms with Gasteiger partial charge in [0.05, 0.1) is 32.4 Å². The lowest BCUT2D eigenvalue weighted by Gasteiger charge is -2.40. The Balaban J connectivity index is 1.55. The average Bonchev–Trinajstić information content (AvgIpc) is 3.02.